The summed E-state index contributed by atoms with van der Waals surface area (Å²) in [6, 6.07) is 0.248. The summed E-state index contributed by atoms with van der Waals surface area (Å²) >= 11 is 0. The predicted octanol–water partition coefficient (Wildman–Crippen LogP) is -0.179. The Morgan fingerprint density at radius 2 is 2.11 bits per heavy atom. The number of nitrogens with one attached hydrogen (secondary N) is 1. The molecule has 1 aliphatic rings. The van der Waals surface area contributed by atoms with E-state index in [2.05, 4.69) is 19.6 Å². The molecule has 7 nitrogen and oxygen atoms in total. The predicted molar refractivity (Wildman–Crippen MR) is 71.9 cm³/mol. The molecule has 1 aromatic heterocycles. The molecule has 19 heavy (non-hydrogen) atoms. The Morgan fingerprint density at radius 1 is 1.42 bits per heavy atom. The number of hydrogen-bond acceptors (Lipinski definition) is 6. The average Bonchev–Trinajstić information content (AvgIpc) is 2.38. The highest BCUT2D eigenvalue weighted by atomic mass is 32.2. The number of hydrogen-bond donors (Lipinski definition) is 2. The monoisotopic (exact) mass is 285 g/mol. The van der Waals surface area contributed by atoms with Crippen LogP contribution >= 0.6 is 0 Å². The molecular formula is C11H19N5O2S. The number of nitrogen functional groups attached to an aromatic ring is 1. The van der Waals surface area contributed by atoms with Gasteiger partial charge in [0.15, 0.2) is 0 Å². The molecule has 1 unspecified atom stereocenters. The summed E-state index contributed by atoms with van der Waals surface area (Å²) in [5.74, 6) is 0.0611. The topological polar surface area (TPSA) is 101 Å². The van der Waals surface area contributed by atoms with Crippen molar-refractivity contribution in [2.45, 2.75) is 30.2 Å². The number of aromatic nitrogens is 2. The summed E-state index contributed by atoms with van der Waals surface area (Å²) in [5, 5.41) is 0. The van der Waals surface area contributed by atoms with E-state index in [-0.39, 0.29) is 16.9 Å². The van der Waals surface area contributed by atoms with Gasteiger partial charge in [0.05, 0.1) is 12.4 Å². The van der Waals surface area contributed by atoms with Crippen LogP contribution in [0.2, 0.25) is 0 Å². The van der Waals surface area contributed by atoms with Crippen molar-refractivity contribution in [2.24, 2.45) is 0 Å². The van der Waals surface area contributed by atoms with E-state index in [0.29, 0.717) is 6.54 Å². The molecule has 0 bridgehead atoms. The molecule has 0 saturated carbocycles. The van der Waals surface area contributed by atoms with Gasteiger partial charge in [0.25, 0.3) is 0 Å². The van der Waals surface area contributed by atoms with E-state index >= 15 is 0 Å². The number of likely N-dealkylation sites (N-methyl/N-ethyl adjacent to an activating group) is 1. The minimum atomic E-state index is -3.56. The third-order valence-corrected chi connectivity index (χ3v) is 4.77. The van der Waals surface area contributed by atoms with E-state index in [1.54, 1.807) is 0 Å². The van der Waals surface area contributed by atoms with Gasteiger partial charge in [0, 0.05) is 12.6 Å². The first-order valence-electron chi connectivity index (χ1n) is 6.26. The first-order valence-corrected chi connectivity index (χ1v) is 7.75. The summed E-state index contributed by atoms with van der Waals surface area (Å²) < 4.78 is 26.7. The van der Waals surface area contributed by atoms with Crippen LogP contribution in [-0.2, 0) is 10.0 Å². The van der Waals surface area contributed by atoms with Crippen molar-refractivity contribution in [3.63, 3.8) is 0 Å². The molecule has 1 aliphatic heterocycles. The molecule has 1 fully saturated rings. The van der Waals surface area contributed by atoms with Gasteiger partial charge in [-0.05, 0) is 26.4 Å². The van der Waals surface area contributed by atoms with Crippen LogP contribution in [-0.4, -0.2) is 49.5 Å². The van der Waals surface area contributed by atoms with Crippen molar-refractivity contribution in [3.05, 3.63) is 12.4 Å². The molecule has 2 heterocycles. The molecule has 0 aliphatic carbocycles. The lowest BCUT2D eigenvalue weighted by molar-refractivity contribution is 0.187. The smallest absolute Gasteiger partial charge is 0.243 e. The van der Waals surface area contributed by atoms with Gasteiger partial charge in [0.1, 0.15) is 4.90 Å². The second-order valence-corrected chi connectivity index (χ2v) is 6.53. The lowest BCUT2D eigenvalue weighted by Crippen LogP contribution is -2.44. The third-order valence-electron chi connectivity index (χ3n) is 3.39. The second-order valence-electron chi connectivity index (χ2n) is 4.76. The van der Waals surface area contributed by atoms with Gasteiger partial charge in [-0.1, -0.05) is 6.42 Å². The fraction of sp³-hybridized carbons (Fsp3) is 0.636. The zero-order valence-corrected chi connectivity index (χ0v) is 11.7. The van der Waals surface area contributed by atoms with E-state index in [1.807, 2.05) is 7.05 Å². The van der Waals surface area contributed by atoms with Gasteiger partial charge in [-0.3, -0.25) is 0 Å². The number of likely N-dealkylation sites (tertiary alicyclic amines) is 1. The van der Waals surface area contributed by atoms with Crippen LogP contribution in [0.15, 0.2) is 17.3 Å². The summed E-state index contributed by atoms with van der Waals surface area (Å²) in [7, 11) is -1.54. The molecule has 1 saturated heterocycles. The fourth-order valence-electron chi connectivity index (χ4n) is 2.16. The van der Waals surface area contributed by atoms with Crippen LogP contribution in [0.25, 0.3) is 0 Å². The lowest BCUT2D eigenvalue weighted by Gasteiger charge is -2.32. The van der Waals surface area contributed by atoms with E-state index in [4.69, 9.17) is 5.73 Å². The van der Waals surface area contributed by atoms with Crippen molar-refractivity contribution in [2.75, 3.05) is 25.9 Å². The standard InChI is InChI=1S/C11H19N5O2S/c1-16-5-3-2-4-9(16)6-15-19(17,18)10-7-13-11(12)14-8-10/h7-9,15H,2-6H2,1H3,(H2,12,13,14). The highest BCUT2D eigenvalue weighted by Crippen LogP contribution is 2.15. The van der Waals surface area contributed by atoms with Gasteiger partial charge >= 0.3 is 0 Å². The summed E-state index contributed by atoms with van der Waals surface area (Å²) in [5.41, 5.74) is 5.33. The van der Waals surface area contributed by atoms with Crippen molar-refractivity contribution in [1.29, 1.82) is 0 Å². The maximum absolute atomic E-state index is 12.0. The lowest BCUT2D eigenvalue weighted by atomic mass is 10.0. The van der Waals surface area contributed by atoms with Crippen molar-refractivity contribution >= 4 is 16.0 Å². The Hall–Kier alpha value is -1.25. The summed E-state index contributed by atoms with van der Waals surface area (Å²) in [6.07, 6.45) is 5.76. The SMILES string of the molecule is CN1CCCCC1CNS(=O)(=O)c1cnc(N)nc1. The zero-order chi connectivity index (χ0) is 13.9. The van der Waals surface area contributed by atoms with E-state index < -0.39 is 10.0 Å². The number of sulfonamides is 1. The molecule has 0 spiro atoms. The minimum Gasteiger partial charge on any atom is -0.368 e. The number of nitrogens with two attached hydrogens (primary N) is 1. The molecule has 2 rings (SSSR count). The normalized spacial score (nSPS) is 21.4. The van der Waals surface area contributed by atoms with Crippen molar-refractivity contribution in [3.8, 4) is 0 Å². The molecule has 3 N–H and O–H groups in total. The number of anilines is 1. The molecule has 106 valence electrons. The Kier molecular flexibility index (Phi) is 4.33. The van der Waals surface area contributed by atoms with Crippen LogP contribution in [0.4, 0.5) is 5.95 Å². The van der Waals surface area contributed by atoms with Crippen LogP contribution in [0.1, 0.15) is 19.3 Å². The molecular weight excluding hydrogens is 266 g/mol. The van der Waals surface area contributed by atoms with E-state index in [9.17, 15) is 8.42 Å². The van der Waals surface area contributed by atoms with Crippen LogP contribution in [0.3, 0.4) is 0 Å². The summed E-state index contributed by atoms with van der Waals surface area (Å²) in [6.45, 7) is 1.42. The quantitative estimate of drug-likeness (QED) is 0.796. The second kappa shape index (κ2) is 5.81. The third kappa shape index (κ3) is 3.62. The van der Waals surface area contributed by atoms with E-state index in [0.717, 1.165) is 19.4 Å². The molecule has 0 aromatic carbocycles. The highest BCUT2D eigenvalue weighted by molar-refractivity contribution is 7.89. The highest BCUT2D eigenvalue weighted by Gasteiger charge is 2.22. The first-order chi connectivity index (χ1) is 8.99. The van der Waals surface area contributed by atoms with Gasteiger partial charge in [-0.25, -0.2) is 23.1 Å². The Labute approximate surface area is 113 Å². The number of rotatable bonds is 4. The van der Waals surface area contributed by atoms with E-state index in [1.165, 1.54) is 18.8 Å². The van der Waals surface area contributed by atoms with Crippen LogP contribution < -0.4 is 10.5 Å². The zero-order valence-electron chi connectivity index (χ0n) is 10.9. The molecule has 0 amide bonds. The summed E-state index contributed by atoms with van der Waals surface area (Å²) in [4.78, 5) is 9.61. The van der Waals surface area contributed by atoms with Crippen molar-refractivity contribution in [1.82, 2.24) is 19.6 Å². The maximum Gasteiger partial charge on any atom is 0.243 e. The van der Waals surface area contributed by atoms with Crippen LogP contribution in [0, 0.1) is 0 Å². The molecule has 1 atom stereocenters. The molecule has 0 radical (unpaired) electrons. The van der Waals surface area contributed by atoms with Crippen LogP contribution in [0.5, 0.6) is 0 Å². The minimum absolute atomic E-state index is 0.0418. The number of piperidine rings is 1. The largest absolute Gasteiger partial charge is 0.368 e. The Bertz CT molecular complexity index is 516. The maximum atomic E-state index is 12.0. The molecule has 8 heteroatoms. The average molecular weight is 285 g/mol. The van der Waals surface area contributed by atoms with Gasteiger partial charge in [0.2, 0.25) is 16.0 Å². The van der Waals surface area contributed by atoms with Crippen molar-refractivity contribution < 1.29 is 8.42 Å². The van der Waals surface area contributed by atoms with Gasteiger partial charge < -0.3 is 10.6 Å². The van der Waals surface area contributed by atoms with Gasteiger partial charge in [-0.2, -0.15) is 0 Å². The Morgan fingerprint density at radius 3 is 2.74 bits per heavy atom. The number of nitrogens with zero attached hydrogens (tertiary/aromatic N) is 3. The van der Waals surface area contributed by atoms with Gasteiger partial charge in [-0.15, -0.1) is 0 Å². The Balaban J connectivity index is 1.99. The fourth-order valence-corrected chi connectivity index (χ4v) is 3.12. The molecule has 1 aromatic rings. The first kappa shape index (κ1) is 14.2.